The van der Waals surface area contributed by atoms with Gasteiger partial charge in [0.15, 0.2) is 0 Å². The van der Waals surface area contributed by atoms with E-state index in [-0.39, 0.29) is 12.7 Å². The zero-order valence-electron chi connectivity index (χ0n) is 10.0. The van der Waals surface area contributed by atoms with Crippen molar-refractivity contribution >= 4 is 15.9 Å². The summed E-state index contributed by atoms with van der Waals surface area (Å²) < 4.78 is 11.8. The number of ether oxygens (including phenoxy) is 2. The molecule has 0 saturated heterocycles. The molecular weight excluding hydrogens is 272 g/mol. The minimum atomic E-state index is -0.0629. The summed E-state index contributed by atoms with van der Waals surface area (Å²) in [5, 5.41) is 9.28. The molecule has 0 aromatic heterocycles. The summed E-state index contributed by atoms with van der Waals surface area (Å²) >= 11 is 3.40. The fraction of sp³-hybridized carbons (Fsp3) is 0.500. The normalized spacial score (nSPS) is 10.7. The van der Waals surface area contributed by atoms with Crippen molar-refractivity contribution in [3.05, 3.63) is 21.7 Å². The standard InChI is InChI=1S/C12H17BrO3/c1-7(2)16-11-5-10(13)9(6-14)12(15-4)8(11)3/h5,7,14H,6H2,1-4H3. The van der Waals surface area contributed by atoms with Gasteiger partial charge in [0.2, 0.25) is 0 Å². The lowest BCUT2D eigenvalue weighted by Gasteiger charge is -2.18. The van der Waals surface area contributed by atoms with Gasteiger partial charge in [-0.25, -0.2) is 0 Å². The number of aliphatic hydroxyl groups excluding tert-OH is 1. The fourth-order valence-electron chi connectivity index (χ4n) is 1.56. The quantitative estimate of drug-likeness (QED) is 0.926. The lowest BCUT2D eigenvalue weighted by molar-refractivity contribution is 0.237. The van der Waals surface area contributed by atoms with E-state index in [1.54, 1.807) is 7.11 Å². The first-order valence-corrected chi connectivity index (χ1v) is 5.94. The molecule has 1 N–H and O–H groups in total. The number of hydrogen-bond donors (Lipinski definition) is 1. The average Bonchev–Trinajstić information content (AvgIpc) is 2.21. The van der Waals surface area contributed by atoms with Gasteiger partial charge in [-0.15, -0.1) is 0 Å². The molecule has 16 heavy (non-hydrogen) atoms. The summed E-state index contributed by atoms with van der Waals surface area (Å²) in [6, 6.07) is 1.86. The van der Waals surface area contributed by atoms with Crippen LogP contribution in [0.2, 0.25) is 0 Å². The van der Waals surface area contributed by atoms with Gasteiger partial charge in [0.1, 0.15) is 11.5 Å². The molecule has 0 spiro atoms. The zero-order valence-corrected chi connectivity index (χ0v) is 11.6. The third kappa shape index (κ3) is 2.68. The second-order valence-electron chi connectivity index (χ2n) is 3.82. The molecule has 0 heterocycles. The van der Waals surface area contributed by atoms with Gasteiger partial charge in [-0.3, -0.25) is 0 Å². The molecule has 3 nitrogen and oxygen atoms in total. The lowest BCUT2D eigenvalue weighted by Crippen LogP contribution is -2.08. The Balaban J connectivity index is 3.28. The van der Waals surface area contributed by atoms with Crippen molar-refractivity contribution in [3.8, 4) is 11.5 Å². The Hall–Kier alpha value is -0.740. The Morgan fingerprint density at radius 2 is 2.06 bits per heavy atom. The van der Waals surface area contributed by atoms with E-state index >= 15 is 0 Å². The number of halogens is 1. The maximum absolute atomic E-state index is 9.28. The van der Waals surface area contributed by atoms with Crippen LogP contribution in [0, 0.1) is 6.92 Å². The predicted molar refractivity (Wildman–Crippen MR) is 67.1 cm³/mol. The van der Waals surface area contributed by atoms with Gasteiger partial charge < -0.3 is 14.6 Å². The average molecular weight is 289 g/mol. The Morgan fingerprint density at radius 1 is 1.44 bits per heavy atom. The molecule has 1 aromatic rings. The van der Waals surface area contributed by atoms with Crippen molar-refractivity contribution in [2.75, 3.05) is 7.11 Å². The van der Waals surface area contributed by atoms with Crippen LogP contribution in [0.15, 0.2) is 10.5 Å². The highest BCUT2D eigenvalue weighted by Gasteiger charge is 2.15. The summed E-state index contributed by atoms with van der Waals surface area (Å²) in [5.41, 5.74) is 1.65. The van der Waals surface area contributed by atoms with E-state index in [1.165, 1.54) is 0 Å². The Labute approximate surface area is 105 Å². The van der Waals surface area contributed by atoms with Crippen molar-refractivity contribution < 1.29 is 14.6 Å². The smallest absolute Gasteiger partial charge is 0.132 e. The van der Waals surface area contributed by atoms with Crippen molar-refractivity contribution in [2.45, 2.75) is 33.5 Å². The monoisotopic (exact) mass is 288 g/mol. The number of benzene rings is 1. The first kappa shape index (κ1) is 13.3. The van der Waals surface area contributed by atoms with Crippen molar-refractivity contribution in [3.63, 3.8) is 0 Å². The number of aliphatic hydroxyl groups is 1. The molecule has 1 rings (SSSR count). The second-order valence-corrected chi connectivity index (χ2v) is 4.67. The zero-order chi connectivity index (χ0) is 12.3. The van der Waals surface area contributed by atoms with Gasteiger partial charge >= 0.3 is 0 Å². The van der Waals surface area contributed by atoms with Crippen LogP contribution in [0.1, 0.15) is 25.0 Å². The molecule has 0 amide bonds. The van der Waals surface area contributed by atoms with E-state index in [9.17, 15) is 5.11 Å². The Kier molecular flexibility index (Phi) is 4.62. The minimum absolute atomic E-state index is 0.0629. The van der Waals surface area contributed by atoms with E-state index < -0.39 is 0 Å². The minimum Gasteiger partial charge on any atom is -0.496 e. The van der Waals surface area contributed by atoms with Crippen LogP contribution in [-0.4, -0.2) is 18.3 Å². The maximum Gasteiger partial charge on any atom is 0.132 e. The van der Waals surface area contributed by atoms with Gasteiger partial charge in [-0.2, -0.15) is 0 Å². The van der Waals surface area contributed by atoms with Crippen molar-refractivity contribution in [2.24, 2.45) is 0 Å². The van der Waals surface area contributed by atoms with Crippen molar-refractivity contribution in [1.29, 1.82) is 0 Å². The Morgan fingerprint density at radius 3 is 2.50 bits per heavy atom. The highest BCUT2D eigenvalue weighted by Crippen LogP contribution is 2.37. The van der Waals surface area contributed by atoms with Gasteiger partial charge in [-0.1, -0.05) is 15.9 Å². The van der Waals surface area contributed by atoms with Crippen LogP contribution in [0.3, 0.4) is 0 Å². The van der Waals surface area contributed by atoms with Crippen LogP contribution in [0.5, 0.6) is 11.5 Å². The van der Waals surface area contributed by atoms with Gasteiger partial charge in [0, 0.05) is 15.6 Å². The van der Waals surface area contributed by atoms with Crippen LogP contribution in [-0.2, 0) is 6.61 Å². The first-order chi connectivity index (χ1) is 7.51. The molecule has 1 aromatic carbocycles. The molecule has 0 aliphatic rings. The van der Waals surface area contributed by atoms with Gasteiger partial charge in [0.25, 0.3) is 0 Å². The molecule has 0 atom stereocenters. The summed E-state index contributed by atoms with van der Waals surface area (Å²) in [7, 11) is 1.59. The molecule has 0 radical (unpaired) electrons. The van der Waals surface area contributed by atoms with Gasteiger partial charge in [-0.05, 0) is 26.8 Å². The molecule has 90 valence electrons. The van der Waals surface area contributed by atoms with E-state index in [4.69, 9.17) is 9.47 Å². The summed E-state index contributed by atoms with van der Waals surface area (Å²) in [4.78, 5) is 0. The second kappa shape index (κ2) is 5.55. The molecule has 0 aliphatic heterocycles. The molecule has 0 bridgehead atoms. The number of hydrogen-bond acceptors (Lipinski definition) is 3. The van der Waals surface area contributed by atoms with E-state index in [0.717, 1.165) is 21.3 Å². The summed E-state index contributed by atoms with van der Waals surface area (Å²) in [6.07, 6.45) is 0.107. The van der Waals surface area contributed by atoms with Crippen LogP contribution in [0.25, 0.3) is 0 Å². The van der Waals surface area contributed by atoms with Gasteiger partial charge in [0.05, 0.1) is 19.8 Å². The highest BCUT2D eigenvalue weighted by molar-refractivity contribution is 9.10. The third-order valence-corrected chi connectivity index (χ3v) is 2.96. The molecule has 4 heteroatoms. The molecule has 0 aliphatic carbocycles. The van der Waals surface area contributed by atoms with Crippen LogP contribution in [0.4, 0.5) is 0 Å². The number of rotatable bonds is 4. The fourth-order valence-corrected chi connectivity index (χ4v) is 2.07. The van der Waals surface area contributed by atoms with Crippen molar-refractivity contribution in [1.82, 2.24) is 0 Å². The van der Waals surface area contributed by atoms with Crippen LogP contribution < -0.4 is 9.47 Å². The summed E-state index contributed by atoms with van der Waals surface area (Å²) in [6.45, 7) is 5.80. The highest BCUT2D eigenvalue weighted by atomic mass is 79.9. The lowest BCUT2D eigenvalue weighted by atomic mass is 10.1. The molecule has 0 saturated carbocycles. The van der Waals surface area contributed by atoms with E-state index in [1.807, 2.05) is 26.8 Å². The molecule has 0 unspecified atom stereocenters. The SMILES string of the molecule is COc1c(C)c(OC(C)C)cc(Br)c1CO. The third-order valence-electron chi connectivity index (χ3n) is 2.26. The molecular formula is C12H17BrO3. The maximum atomic E-state index is 9.28. The predicted octanol–water partition coefficient (Wildman–Crippen LogP) is 3.05. The largest absolute Gasteiger partial charge is 0.496 e. The molecule has 0 fully saturated rings. The van der Waals surface area contributed by atoms with E-state index in [0.29, 0.717) is 5.75 Å². The first-order valence-electron chi connectivity index (χ1n) is 5.14. The summed E-state index contributed by atoms with van der Waals surface area (Å²) in [5.74, 6) is 1.45. The van der Waals surface area contributed by atoms with Crippen LogP contribution >= 0.6 is 15.9 Å². The Bertz CT molecular complexity index is 375. The number of methoxy groups -OCH3 is 1. The van der Waals surface area contributed by atoms with E-state index in [2.05, 4.69) is 15.9 Å². The topological polar surface area (TPSA) is 38.7 Å².